The van der Waals surface area contributed by atoms with Crippen molar-refractivity contribution >= 4 is 17.9 Å². The molecule has 0 heterocycles. The lowest BCUT2D eigenvalue weighted by molar-refractivity contribution is -0.887. The Morgan fingerprint density at radius 2 is 0.814 bits per heavy atom. The number of hydrogen-bond donors (Lipinski definition) is 1. The molecule has 0 saturated heterocycles. The quantitative estimate of drug-likeness (QED) is 0.0281. The second-order valence-electron chi connectivity index (χ2n) is 19.5. The molecular weight excluding hydrogens is 871 g/mol. The summed E-state index contributed by atoms with van der Waals surface area (Å²) in [5.74, 6) is -1.56. The largest absolute Gasteiger partial charge is 0.477 e. The molecule has 8 nitrogen and oxygen atoms in total. The zero-order chi connectivity index (χ0) is 51.3. The Bertz CT molecular complexity index is 1510. The van der Waals surface area contributed by atoms with Gasteiger partial charge in [-0.25, -0.2) is 4.79 Å². The number of ether oxygens (including phenoxy) is 3. The summed E-state index contributed by atoms with van der Waals surface area (Å²) in [6.45, 7) is 4.56. The van der Waals surface area contributed by atoms with Crippen molar-refractivity contribution in [2.24, 2.45) is 0 Å². The average Bonchev–Trinajstić information content (AvgIpc) is 3.33. The van der Waals surface area contributed by atoms with Gasteiger partial charge in [0.1, 0.15) is 6.61 Å². The number of quaternary nitrogens is 1. The van der Waals surface area contributed by atoms with E-state index in [9.17, 15) is 19.5 Å². The average molecular weight is 976 g/mol. The molecule has 0 aromatic heterocycles. The molecule has 0 aromatic carbocycles. The van der Waals surface area contributed by atoms with Crippen LogP contribution in [0.4, 0.5) is 0 Å². The summed E-state index contributed by atoms with van der Waals surface area (Å²) in [4.78, 5) is 37.2. The molecular formula is C62H104NO7+. The minimum Gasteiger partial charge on any atom is -0.477 e. The Morgan fingerprint density at radius 3 is 1.23 bits per heavy atom. The van der Waals surface area contributed by atoms with E-state index >= 15 is 0 Å². The maximum absolute atomic E-state index is 12.8. The Hall–Kier alpha value is -4.01. The molecule has 2 atom stereocenters. The predicted octanol–water partition coefficient (Wildman–Crippen LogP) is 16.8. The van der Waals surface area contributed by atoms with Crippen LogP contribution in [0.25, 0.3) is 0 Å². The first-order chi connectivity index (χ1) is 34.1. The maximum atomic E-state index is 12.8. The molecule has 70 heavy (non-hydrogen) atoms. The van der Waals surface area contributed by atoms with Crippen molar-refractivity contribution in [1.82, 2.24) is 0 Å². The summed E-state index contributed by atoms with van der Waals surface area (Å²) in [5.41, 5.74) is 0. The Kier molecular flexibility index (Phi) is 48.4. The first-order valence-electron chi connectivity index (χ1n) is 27.9. The normalized spacial score (nSPS) is 13.7. The van der Waals surface area contributed by atoms with Crippen molar-refractivity contribution in [3.05, 3.63) is 109 Å². The number of rotatable bonds is 49. The third-order valence-electron chi connectivity index (χ3n) is 11.9. The molecule has 0 spiro atoms. The fraction of sp³-hybridized carbons (Fsp3) is 0.661. The van der Waals surface area contributed by atoms with Gasteiger partial charge in [0.05, 0.1) is 34.4 Å². The molecule has 1 N–H and O–H groups in total. The highest BCUT2D eigenvalue weighted by atomic mass is 16.6. The van der Waals surface area contributed by atoms with E-state index in [-0.39, 0.29) is 42.7 Å². The molecule has 0 aliphatic rings. The van der Waals surface area contributed by atoms with Crippen molar-refractivity contribution in [1.29, 1.82) is 0 Å². The summed E-state index contributed by atoms with van der Waals surface area (Å²) in [6, 6.07) is -0.633. The zero-order valence-corrected chi connectivity index (χ0v) is 45.4. The van der Waals surface area contributed by atoms with Crippen LogP contribution in [-0.4, -0.2) is 80.6 Å². The number of hydrogen-bond acceptors (Lipinski definition) is 6. The number of carboxylic acid groups (broad SMARTS) is 1. The molecule has 0 fully saturated rings. The van der Waals surface area contributed by atoms with Crippen molar-refractivity contribution < 1.29 is 38.2 Å². The van der Waals surface area contributed by atoms with Gasteiger partial charge >= 0.3 is 17.9 Å². The highest BCUT2D eigenvalue weighted by Crippen LogP contribution is 2.14. The molecule has 0 bridgehead atoms. The third kappa shape index (κ3) is 49.0. The first-order valence-corrected chi connectivity index (χ1v) is 27.9. The highest BCUT2D eigenvalue weighted by Gasteiger charge is 2.31. The van der Waals surface area contributed by atoms with Gasteiger partial charge < -0.3 is 23.8 Å². The van der Waals surface area contributed by atoms with Gasteiger partial charge in [0, 0.05) is 19.3 Å². The number of allylic oxidation sites excluding steroid dienone is 18. The standard InChI is InChI=1S/C62H103NO7/c1-6-8-10-12-14-16-18-20-22-24-26-28-30-32-34-36-38-40-42-44-46-48-50-52-60(64)69-57-58(56-68-55-54-59(62(66)67)63(3,4)5)70-61(65)53-51-49-47-45-43-41-39-37-35-33-31-29-27-25-23-21-19-17-15-13-11-9-7-2/h8,10,14,16,20,22,26-29,32-35,38,40,44,46,58-59H,6-7,9,11-13,15,17-19,21,23-25,30-31,36-37,39,41-43,45,47-57H2,1-5H3/p+1/b10-8+,16-14+,22-20+,28-26+,29-27+,34-32+,35-33+,40-38+,46-44+. The molecule has 8 heteroatoms. The Labute approximate surface area is 429 Å². The topological polar surface area (TPSA) is 99.1 Å². The number of carbonyl (C=O) groups excluding carboxylic acids is 2. The first kappa shape index (κ1) is 66.0. The van der Waals surface area contributed by atoms with E-state index in [0.717, 1.165) is 89.9 Å². The second-order valence-corrected chi connectivity index (χ2v) is 19.5. The number of aliphatic carboxylic acids is 1. The van der Waals surface area contributed by atoms with E-state index in [1.54, 1.807) is 0 Å². The van der Waals surface area contributed by atoms with Crippen molar-refractivity contribution in [3.63, 3.8) is 0 Å². The van der Waals surface area contributed by atoms with Gasteiger partial charge in [-0.3, -0.25) is 9.59 Å². The number of likely N-dealkylation sites (N-methyl/N-ethyl adjacent to an activating group) is 1. The number of nitrogens with zero attached hydrogens (tertiary/aromatic N) is 1. The lowest BCUT2D eigenvalue weighted by Gasteiger charge is -2.31. The molecule has 398 valence electrons. The van der Waals surface area contributed by atoms with Crippen LogP contribution in [0.3, 0.4) is 0 Å². The minimum atomic E-state index is -0.887. The maximum Gasteiger partial charge on any atom is 0.362 e. The lowest BCUT2D eigenvalue weighted by Crippen LogP contribution is -2.50. The van der Waals surface area contributed by atoms with Crippen LogP contribution in [0.1, 0.15) is 213 Å². The summed E-state index contributed by atoms with van der Waals surface area (Å²) in [6.07, 6.45) is 71.6. The van der Waals surface area contributed by atoms with Crippen molar-refractivity contribution in [2.45, 2.75) is 225 Å². The number of unbranched alkanes of at least 4 members (excludes halogenated alkanes) is 17. The van der Waals surface area contributed by atoms with Gasteiger partial charge in [-0.2, -0.15) is 0 Å². The number of esters is 2. The minimum absolute atomic E-state index is 0.0329. The van der Waals surface area contributed by atoms with Gasteiger partial charge in [-0.15, -0.1) is 0 Å². The molecule has 0 rings (SSSR count). The van der Waals surface area contributed by atoms with Gasteiger partial charge in [-0.1, -0.05) is 207 Å². The van der Waals surface area contributed by atoms with Gasteiger partial charge in [-0.05, 0) is 96.3 Å². The van der Waals surface area contributed by atoms with E-state index in [0.29, 0.717) is 19.3 Å². The molecule has 0 radical (unpaired) electrons. The molecule has 2 unspecified atom stereocenters. The Morgan fingerprint density at radius 1 is 0.443 bits per heavy atom. The monoisotopic (exact) mass is 975 g/mol. The smallest absolute Gasteiger partial charge is 0.362 e. The van der Waals surface area contributed by atoms with E-state index in [4.69, 9.17) is 14.2 Å². The summed E-state index contributed by atoms with van der Waals surface area (Å²) < 4.78 is 17.3. The lowest BCUT2D eigenvalue weighted by atomic mass is 10.1. The van der Waals surface area contributed by atoms with Crippen LogP contribution >= 0.6 is 0 Å². The molecule has 0 saturated carbocycles. The molecule has 0 aromatic rings. The van der Waals surface area contributed by atoms with Crippen LogP contribution in [0.2, 0.25) is 0 Å². The Balaban J connectivity index is 4.34. The molecule has 0 aliphatic heterocycles. The third-order valence-corrected chi connectivity index (χ3v) is 11.9. The van der Waals surface area contributed by atoms with Crippen LogP contribution in [0, 0.1) is 0 Å². The van der Waals surface area contributed by atoms with Gasteiger partial charge in [0.25, 0.3) is 0 Å². The van der Waals surface area contributed by atoms with Crippen molar-refractivity contribution in [2.75, 3.05) is 41.0 Å². The number of carbonyl (C=O) groups is 3. The van der Waals surface area contributed by atoms with E-state index < -0.39 is 18.1 Å². The van der Waals surface area contributed by atoms with Crippen LogP contribution in [0.5, 0.6) is 0 Å². The summed E-state index contributed by atoms with van der Waals surface area (Å²) in [5, 5.41) is 9.67. The number of carboxylic acids is 1. The predicted molar refractivity (Wildman–Crippen MR) is 298 cm³/mol. The second kappa shape index (κ2) is 51.3. The summed E-state index contributed by atoms with van der Waals surface area (Å²) >= 11 is 0. The van der Waals surface area contributed by atoms with Gasteiger partial charge in [0.15, 0.2) is 12.1 Å². The fourth-order valence-electron chi connectivity index (χ4n) is 7.64. The van der Waals surface area contributed by atoms with Crippen LogP contribution < -0.4 is 0 Å². The van der Waals surface area contributed by atoms with Crippen molar-refractivity contribution in [3.8, 4) is 0 Å². The molecule has 0 aliphatic carbocycles. The highest BCUT2D eigenvalue weighted by molar-refractivity contribution is 5.72. The summed E-state index contributed by atoms with van der Waals surface area (Å²) in [7, 11) is 5.51. The van der Waals surface area contributed by atoms with Gasteiger partial charge in [0.2, 0.25) is 0 Å². The molecule has 0 amide bonds. The van der Waals surface area contributed by atoms with Crippen LogP contribution in [0.15, 0.2) is 109 Å². The van der Waals surface area contributed by atoms with Crippen LogP contribution in [-0.2, 0) is 28.6 Å². The SMILES string of the molecule is CC/C=C/C/C=C/C/C=C/C/C=C/C/C=C/C/C=C/C/C=C/CCCC(=O)OCC(COCCC(C(=O)O)[N+](C)(C)C)OC(=O)CCCCCCCCC/C=C/C/C=C/CCCCCCCCCCC. The van der Waals surface area contributed by atoms with E-state index in [1.807, 2.05) is 21.1 Å². The van der Waals surface area contributed by atoms with E-state index in [1.165, 1.54) is 83.5 Å². The van der Waals surface area contributed by atoms with E-state index in [2.05, 4.69) is 123 Å². The fourth-order valence-corrected chi connectivity index (χ4v) is 7.64. The zero-order valence-electron chi connectivity index (χ0n) is 45.4.